The van der Waals surface area contributed by atoms with E-state index in [0.29, 0.717) is 5.04 Å². The third-order valence-electron chi connectivity index (χ3n) is 3.32. The first-order chi connectivity index (χ1) is 6.25. The van der Waals surface area contributed by atoms with Crippen LogP contribution in [0.25, 0.3) is 0 Å². The molecule has 1 heterocycles. The summed E-state index contributed by atoms with van der Waals surface area (Å²) in [4.78, 5) is 4.31. The Kier molecular flexibility index (Phi) is 3.22. The summed E-state index contributed by atoms with van der Waals surface area (Å²) in [6.45, 7) is 11.8. The van der Waals surface area contributed by atoms with Gasteiger partial charge in [0, 0.05) is 6.20 Å². The summed E-state index contributed by atoms with van der Waals surface area (Å²) >= 11 is 3.37. The van der Waals surface area contributed by atoms with Gasteiger partial charge >= 0.3 is 0 Å². The van der Waals surface area contributed by atoms with Crippen LogP contribution >= 0.6 is 15.9 Å². The third-order valence-corrected chi connectivity index (χ3v) is 9.28. The minimum absolute atomic E-state index is 0.377. The molecule has 0 saturated heterocycles. The van der Waals surface area contributed by atoms with E-state index in [1.807, 2.05) is 12.3 Å². The van der Waals surface area contributed by atoms with Gasteiger partial charge in [-0.15, -0.1) is 0 Å². The van der Waals surface area contributed by atoms with Gasteiger partial charge in [-0.25, -0.2) is 4.98 Å². The number of halogens is 1. The number of hydrogen-bond acceptors (Lipinski definition) is 1. The van der Waals surface area contributed by atoms with E-state index in [2.05, 4.69) is 60.8 Å². The Labute approximate surface area is 96.1 Å². The van der Waals surface area contributed by atoms with Gasteiger partial charge in [0.1, 0.15) is 4.60 Å². The lowest BCUT2D eigenvalue weighted by Crippen LogP contribution is -2.49. The average molecular weight is 272 g/mol. The lowest BCUT2D eigenvalue weighted by molar-refractivity contribution is 0.729. The molecule has 14 heavy (non-hydrogen) atoms. The van der Waals surface area contributed by atoms with Crippen molar-refractivity contribution in [3.8, 4) is 0 Å². The van der Waals surface area contributed by atoms with E-state index < -0.39 is 8.07 Å². The van der Waals surface area contributed by atoms with Gasteiger partial charge in [0.25, 0.3) is 0 Å². The number of aromatic nitrogens is 1. The van der Waals surface area contributed by atoms with Crippen molar-refractivity contribution in [3.05, 3.63) is 22.9 Å². The Morgan fingerprint density at radius 3 is 2.14 bits per heavy atom. The quantitative estimate of drug-likeness (QED) is 0.562. The second kappa shape index (κ2) is 3.78. The van der Waals surface area contributed by atoms with Crippen LogP contribution in [0.1, 0.15) is 20.8 Å². The molecule has 0 atom stereocenters. The van der Waals surface area contributed by atoms with Gasteiger partial charge in [0.15, 0.2) is 0 Å². The van der Waals surface area contributed by atoms with E-state index in [1.165, 1.54) is 5.19 Å². The highest BCUT2D eigenvalue weighted by atomic mass is 79.9. The molecule has 0 aliphatic heterocycles. The number of rotatable bonds is 1. The Morgan fingerprint density at radius 1 is 1.21 bits per heavy atom. The molecule has 0 aliphatic carbocycles. The van der Waals surface area contributed by atoms with Gasteiger partial charge in [-0.2, -0.15) is 0 Å². The van der Waals surface area contributed by atoms with Gasteiger partial charge in [0.2, 0.25) is 0 Å². The highest BCUT2D eigenvalue weighted by molar-refractivity contribution is 9.10. The molecule has 1 nitrogen and oxygen atoms in total. The highest BCUT2D eigenvalue weighted by Crippen LogP contribution is 2.35. The molecule has 0 radical (unpaired) electrons. The zero-order valence-electron chi connectivity index (χ0n) is 9.56. The predicted molar refractivity (Wildman–Crippen MR) is 68.8 cm³/mol. The van der Waals surface area contributed by atoms with Crippen molar-refractivity contribution in [2.75, 3.05) is 0 Å². The molecule has 0 spiro atoms. The number of hydrogen-bond donors (Lipinski definition) is 0. The SMILES string of the molecule is CC(C)(C)[Si](C)(C)c1ccc(Br)nc1. The van der Waals surface area contributed by atoms with Crippen molar-refractivity contribution in [2.24, 2.45) is 0 Å². The highest BCUT2D eigenvalue weighted by Gasteiger charge is 2.36. The summed E-state index contributed by atoms with van der Waals surface area (Å²) in [5, 5.41) is 1.80. The second-order valence-corrected chi connectivity index (χ2v) is 11.4. The molecule has 0 aliphatic rings. The maximum Gasteiger partial charge on any atom is 0.106 e. The van der Waals surface area contributed by atoms with E-state index in [1.54, 1.807) is 0 Å². The average Bonchev–Trinajstić information content (AvgIpc) is 2.03. The zero-order chi connectivity index (χ0) is 11.0. The van der Waals surface area contributed by atoms with E-state index in [-0.39, 0.29) is 0 Å². The fraction of sp³-hybridized carbons (Fsp3) is 0.545. The van der Waals surface area contributed by atoms with Crippen LogP contribution in [0.5, 0.6) is 0 Å². The van der Waals surface area contributed by atoms with Gasteiger partial charge < -0.3 is 0 Å². The Hall–Kier alpha value is -0.153. The summed E-state index contributed by atoms with van der Waals surface area (Å²) in [5.74, 6) is 0. The zero-order valence-corrected chi connectivity index (χ0v) is 12.1. The molecule has 1 aromatic rings. The van der Waals surface area contributed by atoms with Gasteiger partial charge in [-0.3, -0.25) is 0 Å². The summed E-state index contributed by atoms with van der Waals surface area (Å²) in [6.07, 6.45) is 2.02. The van der Waals surface area contributed by atoms with Crippen molar-refractivity contribution in [3.63, 3.8) is 0 Å². The largest absolute Gasteiger partial charge is 0.249 e. The molecule has 0 aromatic carbocycles. The second-order valence-electron chi connectivity index (χ2n) is 5.24. The fourth-order valence-corrected chi connectivity index (χ4v) is 3.17. The minimum Gasteiger partial charge on any atom is -0.249 e. The van der Waals surface area contributed by atoms with Gasteiger partial charge in [-0.05, 0) is 32.2 Å². The molecular weight excluding hydrogens is 254 g/mol. The van der Waals surface area contributed by atoms with Crippen LogP contribution in [0.15, 0.2) is 22.9 Å². The topological polar surface area (TPSA) is 12.9 Å². The monoisotopic (exact) mass is 271 g/mol. The van der Waals surface area contributed by atoms with Crippen LogP contribution in [0.2, 0.25) is 18.1 Å². The maximum absolute atomic E-state index is 4.31. The van der Waals surface area contributed by atoms with Crippen molar-refractivity contribution in [2.45, 2.75) is 38.9 Å². The maximum atomic E-state index is 4.31. The summed E-state index contributed by atoms with van der Waals surface area (Å²) in [6, 6.07) is 4.24. The van der Waals surface area contributed by atoms with E-state index in [9.17, 15) is 0 Å². The van der Waals surface area contributed by atoms with Gasteiger partial charge in [-0.1, -0.05) is 39.9 Å². The molecule has 0 amide bonds. The molecular formula is C11H18BrNSi. The summed E-state index contributed by atoms with van der Waals surface area (Å²) in [5.41, 5.74) is 0. The first-order valence-corrected chi connectivity index (χ1v) is 8.66. The Balaban J connectivity index is 3.10. The predicted octanol–water partition coefficient (Wildman–Crippen LogP) is 3.56. The van der Waals surface area contributed by atoms with Crippen molar-refractivity contribution in [1.29, 1.82) is 0 Å². The van der Waals surface area contributed by atoms with E-state index in [4.69, 9.17) is 0 Å². The molecule has 0 saturated carbocycles. The number of nitrogens with zero attached hydrogens (tertiary/aromatic N) is 1. The first kappa shape index (κ1) is 11.9. The molecule has 0 fully saturated rings. The van der Waals surface area contributed by atoms with E-state index in [0.717, 1.165) is 4.60 Å². The van der Waals surface area contributed by atoms with Crippen molar-refractivity contribution >= 4 is 29.2 Å². The number of pyridine rings is 1. The third kappa shape index (κ3) is 2.26. The lowest BCUT2D eigenvalue weighted by Gasteiger charge is -2.37. The molecule has 78 valence electrons. The van der Waals surface area contributed by atoms with Crippen LogP contribution in [-0.2, 0) is 0 Å². The van der Waals surface area contributed by atoms with Crippen LogP contribution in [0.3, 0.4) is 0 Å². The van der Waals surface area contributed by atoms with Gasteiger partial charge in [0.05, 0.1) is 8.07 Å². The van der Waals surface area contributed by atoms with Crippen LogP contribution in [0.4, 0.5) is 0 Å². The fourth-order valence-electron chi connectivity index (χ4n) is 1.18. The lowest BCUT2D eigenvalue weighted by atomic mass is 10.2. The molecule has 1 aromatic heterocycles. The van der Waals surface area contributed by atoms with Crippen LogP contribution in [-0.4, -0.2) is 13.1 Å². The van der Waals surface area contributed by atoms with E-state index >= 15 is 0 Å². The molecule has 0 bridgehead atoms. The normalized spacial score (nSPS) is 13.0. The summed E-state index contributed by atoms with van der Waals surface area (Å²) in [7, 11) is -1.39. The van der Waals surface area contributed by atoms with Crippen LogP contribution < -0.4 is 5.19 Å². The van der Waals surface area contributed by atoms with Crippen LogP contribution in [0, 0.1) is 0 Å². The smallest absolute Gasteiger partial charge is 0.106 e. The minimum atomic E-state index is -1.39. The van der Waals surface area contributed by atoms with Crippen molar-refractivity contribution in [1.82, 2.24) is 4.98 Å². The molecule has 3 heteroatoms. The Bertz CT molecular complexity index is 311. The first-order valence-electron chi connectivity index (χ1n) is 4.87. The molecule has 0 unspecified atom stereocenters. The Morgan fingerprint density at radius 2 is 1.79 bits per heavy atom. The summed E-state index contributed by atoms with van der Waals surface area (Å²) < 4.78 is 0.917. The standard InChI is InChI=1S/C11H18BrNSi/c1-11(2,3)14(4,5)9-6-7-10(12)13-8-9/h6-8H,1-5H3. The molecule has 1 rings (SSSR count). The van der Waals surface area contributed by atoms with Crippen molar-refractivity contribution < 1.29 is 0 Å². The molecule has 0 N–H and O–H groups in total.